The molecule has 1 heterocycles. The van der Waals surface area contributed by atoms with Gasteiger partial charge in [0.15, 0.2) is 0 Å². The molecule has 0 bridgehead atoms. The Labute approximate surface area is 122 Å². The summed E-state index contributed by atoms with van der Waals surface area (Å²) in [5.74, 6) is 5.73. The highest BCUT2D eigenvalue weighted by molar-refractivity contribution is 6.45. The molecular weight excluding hydrogens is 281 g/mol. The van der Waals surface area contributed by atoms with E-state index in [9.17, 15) is 0 Å². The summed E-state index contributed by atoms with van der Waals surface area (Å²) in [6.45, 7) is 0. The largest absolute Gasteiger partial charge is 0.323 e. The van der Waals surface area contributed by atoms with Gasteiger partial charge in [-0.2, -0.15) is 0 Å². The van der Waals surface area contributed by atoms with E-state index < -0.39 is 0 Å². The van der Waals surface area contributed by atoms with Crippen molar-refractivity contribution in [2.45, 2.75) is 32.1 Å². The molecule has 1 aliphatic rings. The van der Waals surface area contributed by atoms with Gasteiger partial charge in [-0.05, 0) is 43.4 Å². The van der Waals surface area contributed by atoms with E-state index in [1.54, 1.807) is 6.07 Å². The third-order valence-electron chi connectivity index (χ3n) is 3.72. The number of hydrazine groups is 1. The van der Waals surface area contributed by atoms with Crippen LogP contribution in [0.15, 0.2) is 12.1 Å². The molecule has 0 spiro atoms. The number of nitrogen functional groups attached to an aromatic ring is 1. The summed E-state index contributed by atoms with van der Waals surface area (Å²) in [5, 5.41) is 1.97. The molecule has 0 saturated heterocycles. The molecule has 0 atom stereocenters. The van der Waals surface area contributed by atoms with Gasteiger partial charge < -0.3 is 5.43 Å². The van der Waals surface area contributed by atoms with Crippen LogP contribution in [0.3, 0.4) is 0 Å². The van der Waals surface area contributed by atoms with E-state index in [0.717, 1.165) is 41.5 Å². The number of aryl methyl sites for hydroxylation is 1. The Kier molecular flexibility index (Phi) is 3.52. The molecule has 1 aromatic heterocycles. The number of fused-ring (bicyclic) bond motifs is 2. The normalized spacial score (nSPS) is 15.1. The Morgan fingerprint density at radius 3 is 2.68 bits per heavy atom. The van der Waals surface area contributed by atoms with E-state index in [4.69, 9.17) is 34.0 Å². The summed E-state index contributed by atoms with van der Waals surface area (Å²) in [5.41, 5.74) is 6.84. The summed E-state index contributed by atoms with van der Waals surface area (Å²) in [7, 11) is 0. The number of anilines is 1. The van der Waals surface area contributed by atoms with Crippen molar-refractivity contribution >= 4 is 39.8 Å². The molecule has 0 amide bonds. The number of halogens is 2. The van der Waals surface area contributed by atoms with Crippen LogP contribution in [-0.4, -0.2) is 4.98 Å². The molecule has 3 N–H and O–H groups in total. The number of hydrogen-bond acceptors (Lipinski definition) is 3. The van der Waals surface area contributed by atoms with Gasteiger partial charge in [-0.25, -0.2) is 0 Å². The third-order valence-corrected chi connectivity index (χ3v) is 4.51. The Morgan fingerprint density at radius 2 is 1.89 bits per heavy atom. The fourth-order valence-corrected chi connectivity index (χ4v) is 3.13. The smallest absolute Gasteiger partial charge is 0.0928 e. The highest BCUT2D eigenvalue weighted by atomic mass is 35.5. The van der Waals surface area contributed by atoms with Crippen LogP contribution in [0.2, 0.25) is 10.0 Å². The quantitative estimate of drug-likeness (QED) is 0.473. The van der Waals surface area contributed by atoms with Gasteiger partial charge in [-0.3, -0.25) is 10.8 Å². The highest BCUT2D eigenvalue weighted by Crippen LogP contribution is 2.37. The molecule has 1 aliphatic carbocycles. The zero-order valence-corrected chi connectivity index (χ0v) is 12.0. The van der Waals surface area contributed by atoms with E-state index >= 15 is 0 Å². The minimum atomic E-state index is 0.503. The predicted octanol–water partition coefficient (Wildman–Crippen LogP) is 4.10. The van der Waals surface area contributed by atoms with Crippen molar-refractivity contribution in [3.63, 3.8) is 0 Å². The van der Waals surface area contributed by atoms with Crippen LogP contribution in [0.4, 0.5) is 5.69 Å². The molecule has 19 heavy (non-hydrogen) atoms. The van der Waals surface area contributed by atoms with E-state index in [0.29, 0.717) is 10.0 Å². The molecule has 0 aliphatic heterocycles. The lowest BCUT2D eigenvalue weighted by Gasteiger charge is -2.15. The second-order valence-corrected chi connectivity index (χ2v) is 5.66. The van der Waals surface area contributed by atoms with Crippen LogP contribution in [0.1, 0.15) is 30.5 Å². The number of aromatic nitrogens is 1. The van der Waals surface area contributed by atoms with Crippen LogP contribution < -0.4 is 11.3 Å². The van der Waals surface area contributed by atoms with Crippen LogP contribution >= 0.6 is 23.2 Å². The predicted molar refractivity (Wildman–Crippen MR) is 80.8 cm³/mol. The monoisotopic (exact) mass is 295 g/mol. The summed E-state index contributed by atoms with van der Waals surface area (Å²) >= 11 is 12.4. The molecule has 5 heteroatoms. The maximum absolute atomic E-state index is 6.28. The van der Waals surface area contributed by atoms with Gasteiger partial charge in [0.05, 0.1) is 21.2 Å². The van der Waals surface area contributed by atoms with Crippen molar-refractivity contribution in [2.24, 2.45) is 5.84 Å². The Bertz CT molecular complexity index is 640. The van der Waals surface area contributed by atoms with Crippen molar-refractivity contribution in [2.75, 3.05) is 5.43 Å². The lowest BCUT2D eigenvalue weighted by Crippen LogP contribution is -2.12. The van der Waals surface area contributed by atoms with Crippen LogP contribution in [0, 0.1) is 0 Å². The molecule has 100 valence electrons. The molecule has 2 aromatic rings. The van der Waals surface area contributed by atoms with Gasteiger partial charge in [-0.1, -0.05) is 29.6 Å². The average Bonchev–Trinajstić information content (AvgIpc) is 2.66. The molecule has 0 radical (unpaired) electrons. The molecule has 1 aromatic carbocycles. The number of rotatable bonds is 1. The minimum Gasteiger partial charge on any atom is -0.323 e. The van der Waals surface area contributed by atoms with Crippen molar-refractivity contribution in [3.8, 4) is 0 Å². The van der Waals surface area contributed by atoms with Crippen LogP contribution in [0.5, 0.6) is 0 Å². The first-order chi connectivity index (χ1) is 9.22. The number of benzene rings is 1. The lowest BCUT2D eigenvalue weighted by atomic mass is 10.0. The first-order valence-electron chi connectivity index (χ1n) is 6.48. The number of nitrogens with two attached hydrogens (primary N) is 1. The zero-order chi connectivity index (χ0) is 13.4. The maximum atomic E-state index is 6.28. The van der Waals surface area contributed by atoms with Crippen molar-refractivity contribution < 1.29 is 0 Å². The Hall–Kier alpha value is -1.03. The third kappa shape index (κ3) is 2.16. The Morgan fingerprint density at radius 1 is 1.11 bits per heavy atom. The van der Waals surface area contributed by atoms with E-state index in [-0.39, 0.29) is 0 Å². The Balaban J connectivity index is 2.36. The molecular formula is C14H15Cl2N3. The van der Waals surface area contributed by atoms with Gasteiger partial charge in [0.25, 0.3) is 0 Å². The van der Waals surface area contributed by atoms with Crippen molar-refractivity contribution in [1.82, 2.24) is 4.98 Å². The SMILES string of the molecule is NNc1c2c(nc3c(Cl)c(Cl)ccc13)CCCCC2. The topological polar surface area (TPSA) is 50.9 Å². The average molecular weight is 296 g/mol. The van der Waals surface area contributed by atoms with Gasteiger partial charge in [0, 0.05) is 11.1 Å². The number of hydrogen-bond donors (Lipinski definition) is 2. The lowest BCUT2D eigenvalue weighted by molar-refractivity contribution is 0.709. The summed E-state index contributed by atoms with van der Waals surface area (Å²) in [4.78, 5) is 4.73. The standard InChI is InChI=1S/C14H15Cl2N3/c15-10-7-6-9-13(19-17)8-4-2-1-3-5-11(8)18-14(9)12(10)16/h6-7H,1-5,17H2,(H,18,19). The second kappa shape index (κ2) is 5.16. The number of nitrogens with zero attached hydrogens (tertiary/aromatic N) is 1. The van der Waals surface area contributed by atoms with Crippen molar-refractivity contribution in [3.05, 3.63) is 33.4 Å². The summed E-state index contributed by atoms with van der Waals surface area (Å²) in [6, 6.07) is 3.72. The fourth-order valence-electron chi connectivity index (χ4n) is 2.77. The van der Waals surface area contributed by atoms with E-state index in [1.807, 2.05) is 6.07 Å². The second-order valence-electron chi connectivity index (χ2n) is 4.87. The van der Waals surface area contributed by atoms with E-state index in [1.165, 1.54) is 18.4 Å². The van der Waals surface area contributed by atoms with Gasteiger partial charge >= 0.3 is 0 Å². The zero-order valence-electron chi connectivity index (χ0n) is 10.5. The molecule has 0 fully saturated rings. The number of pyridine rings is 1. The van der Waals surface area contributed by atoms with Crippen LogP contribution in [0.25, 0.3) is 10.9 Å². The van der Waals surface area contributed by atoms with Gasteiger partial charge in [0.2, 0.25) is 0 Å². The van der Waals surface area contributed by atoms with Gasteiger partial charge in [0.1, 0.15) is 0 Å². The fraction of sp³-hybridized carbons (Fsp3) is 0.357. The maximum Gasteiger partial charge on any atom is 0.0928 e. The highest BCUT2D eigenvalue weighted by Gasteiger charge is 2.18. The first-order valence-corrected chi connectivity index (χ1v) is 7.24. The first kappa shape index (κ1) is 13.0. The van der Waals surface area contributed by atoms with Gasteiger partial charge in [-0.15, -0.1) is 0 Å². The van der Waals surface area contributed by atoms with Crippen molar-refractivity contribution in [1.29, 1.82) is 0 Å². The number of nitrogens with one attached hydrogen (secondary N) is 1. The van der Waals surface area contributed by atoms with E-state index in [2.05, 4.69) is 5.43 Å². The summed E-state index contributed by atoms with van der Waals surface area (Å²) in [6.07, 6.45) is 5.55. The molecule has 0 unspecified atom stereocenters. The summed E-state index contributed by atoms with van der Waals surface area (Å²) < 4.78 is 0. The van der Waals surface area contributed by atoms with Crippen LogP contribution in [-0.2, 0) is 12.8 Å². The molecule has 3 nitrogen and oxygen atoms in total. The minimum absolute atomic E-state index is 0.503. The molecule has 3 rings (SSSR count). The molecule has 0 saturated carbocycles.